The maximum Gasteiger partial charge on any atom is 0.333 e. The van der Waals surface area contributed by atoms with Gasteiger partial charge in [0.1, 0.15) is 11.9 Å². The number of benzene rings is 2. The van der Waals surface area contributed by atoms with Gasteiger partial charge in [0.15, 0.2) is 0 Å². The van der Waals surface area contributed by atoms with E-state index in [1.165, 1.54) is 29.2 Å². The molecule has 2 aromatic carbocycles. The second kappa shape index (κ2) is 12.3. The molecular formula is C24H28N6O7S. The Balaban J connectivity index is 1.58. The molecule has 1 heterocycles. The van der Waals surface area contributed by atoms with Crippen LogP contribution in [0.5, 0.6) is 0 Å². The predicted molar refractivity (Wildman–Crippen MR) is 137 cm³/mol. The summed E-state index contributed by atoms with van der Waals surface area (Å²) < 4.78 is 32.0. The molecule has 14 heteroatoms. The zero-order chi connectivity index (χ0) is 27.9. The SMILES string of the molecule is CC(=O)OC(=O)[C@H](CNC(=O)CN1CCN(c2ccc(C(=N)N)cc2)CC1=O)NS(=O)(=O)c1ccccc1. The number of piperazine rings is 1. The van der Waals surface area contributed by atoms with E-state index in [1.807, 2.05) is 4.90 Å². The second-order valence-corrected chi connectivity index (χ2v) is 10.1. The van der Waals surface area contributed by atoms with E-state index >= 15 is 0 Å². The third-order valence-corrected chi connectivity index (χ3v) is 7.07. The number of nitrogens with zero attached hydrogens (tertiary/aromatic N) is 2. The highest BCUT2D eigenvalue weighted by atomic mass is 32.2. The van der Waals surface area contributed by atoms with Crippen LogP contribution in [0.2, 0.25) is 0 Å². The van der Waals surface area contributed by atoms with Gasteiger partial charge in [-0.25, -0.2) is 13.2 Å². The Kier molecular flexibility index (Phi) is 9.15. The van der Waals surface area contributed by atoms with Crippen molar-refractivity contribution in [3.63, 3.8) is 0 Å². The summed E-state index contributed by atoms with van der Waals surface area (Å²) in [4.78, 5) is 51.8. The van der Waals surface area contributed by atoms with Crippen LogP contribution >= 0.6 is 0 Å². The number of esters is 2. The standard InChI is InChI=1S/C24H28N6O7S/c1-16(31)37-24(34)20(28-38(35,36)19-5-3-2-4-6-19)13-27-21(32)14-30-12-11-29(15-22(30)33)18-9-7-17(8-10-18)23(25)26/h2-10,20,28H,11-15H2,1H3,(H3,25,26)(H,27,32)/t20-/m0/s1. The second-order valence-electron chi connectivity index (χ2n) is 8.40. The molecule has 2 aromatic rings. The number of nitrogens with one attached hydrogen (secondary N) is 3. The fourth-order valence-corrected chi connectivity index (χ4v) is 4.84. The molecular weight excluding hydrogens is 516 g/mol. The number of ether oxygens (including phenoxy) is 1. The van der Waals surface area contributed by atoms with Gasteiger partial charge in [0.05, 0.1) is 18.0 Å². The molecule has 1 aliphatic heterocycles. The zero-order valence-electron chi connectivity index (χ0n) is 20.5. The lowest BCUT2D eigenvalue weighted by molar-refractivity contribution is -0.159. The van der Waals surface area contributed by atoms with Gasteiger partial charge in [-0.2, -0.15) is 4.72 Å². The highest BCUT2D eigenvalue weighted by molar-refractivity contribution is 7.89. The van der Waals surface area contributed by atoms with Gasteiger partial charge in [-0.05, 0) is 36.4 Å². The number of hydrogen-bond acceptors (Lipinski definition) is 9. The van der Waals surface area contributed by atoms with Crippen LogP contribution in [0.4, 0.5) is 5.69 Å². The molecule has 3 rings (SSSR count). The number of carbonyl (C=O) groups excluding carboxylic acids is 4. The van der Waals surface area contributed by atoms with Gasteiger partial charge >= 0.3 is 11.9 Å². The van der Waals surface area contributed by atoms with Crippen LogP contribution < -0.4 is 20.7 Å². The number of carbonyl (C=O) groups is 4. The molecule has 0 unspecified atom stereocenters. The number of rotatable bonds is 10. The maximum absolute atomic E-state index is 12.6. The van der Waals surface area contributed by atoms with Gasteiger partial charge in [0.25, 0.3) is 0 Å². The third-order valence-electron chi connectivity index (χ3n) is 5.58. The summed E-state index contributed by atoms with van der Waals surface area (Å²) in [6.45, 7) is 0.892. The van der Waals surface area contributed by atoms with Crippen LogP contribution in [0.3, 0.4) is 0 Å². The minimum Gasteiger partial charge on any atom is -0.392 e. The molecule has 0 bridgehead atoms. The molecule has 1 saturated heterocycles. The zero-order valence-corrected chi connectivity index (χ0v) is 21.4. The Morgan fingerprint density at radius 3 is 2.32 bits per heavy atom. The summed E-state index contributed by atoms with van der Waals surface area (Å²) >= 11 is 0. The number of amides is 2. The van der Waals surface area contributed by atoms with Crippen LogP contribution in [-0.4, -0.2) is 81.7 Å². The molecule has 38 heavy (non-hydrogen) atoms. The van der Waals surface area contributed by atoms with Crippen LogP contribution in [0.1, 0.15) is 12.5 Å². The van der Waals surface area contributed by atoms with Crippen molar-refractivity contribution >= 4 is 45.3 Å². The summed E-state index contributed by atoms with van der Waals surface area (Å²) in [5.41, 5.74) is 6.79. The summed E-state index contributed by atoms with van der Waals surface area (Å²) in [5.74, 6) is -3.12. The van der Waals surface area contributed by atoms with E-state index in [1.54, 1.807) is 30.3 Å². The number of nitrogens with two attached hydrogens (primary N) is 1. The molecule has 0 radical (unpaired) electrons. The van der Waals surface area contributed by atoms with E-state index in [9.17, 15) is 27.6 Å². The molecule has 0 aromatic heterocycles. The van der Waals surface area contributed by atoms with E-state index in [0.29, 0.717) is 12.1 Å². The molecule has 0 saturated carbocycles. The molecule has 1 fully saturated rings. The molecule has 0 aliphatic carbocycles. The van der Waals surface area contributed by atoms with Gasteiger partial charge in [0.2, 0.25) is 21.8 Å². The van der Waals surface area contributed by atoms with E-state index in [-0.39, 0.29) is 36.3 Å². The highest BCUT2D eigenvalue weighted by Crippen LogP contribution is 2.18. The van der Waals surface area contributed by atoms with Crippen molar-refractivity contribution < 1.29 is 32.3 Å². The third kappa shape index (κ3) is 7.60. The number of hydrogen-bond donors (Lipinski definition) is 4. The van der Waals surface area contributed by atoms with Crippen molar-refractivity contribution in [2.75, 3.05) is 37.6 Å². The minimum absolute atomic E-state index is 0.0249. The topological polar surface area (TPSA) is 192 Å². The minimum atomic E-state index is -4.17. The lowest BCUT2D eigenvalue weighted by Gasteiger charge is -2.35. The molecule has 1 atom stereocenters. The first-order chi connectivity index (χ1) is 18.0. The first-order valence-corrected chi connectivity index (χ1v) is 13.0. The summed E-state index contributed by atoms with van der Waals surface area (Å²) in [7, 11) is -4.17. The average molecular weight is 545 g/mol. The van der Waals surface area contributed by atoms with Crippen molar-refractivity contribution in [3.8, 4) is 0 Å². The molecule has 2 amide bonds. The van der Waals surface area contributed by atoms with E-state index in [4.69, 9.17) is 11.1 Å². The van der Waals surface area contributed by atoms with E-state index in [0.717, 1.165) is 12.6 Å². The molecule has 5 N–H and O–H groups in total. The molecule has 202 valence electrons. The van der Waals surface area contributed by atoms with Crippen molar-refractivity contribution in [3.05, 3.63) is 60.2 Å². The Morgan fingerprint density at radius 2 is 1.74 bits per heavy atom. The van der Waals surface area contributed by atoms with E-state index < -0.39 is 40.5 Å². The fraction of sp³-hybridized carbons (Fsp3) is 0.292. The van der Waals surface area contributed by atoms with Gasteiger partial charge in [0, 0.05) is 37.8 Å². The lowest BCUT2D eigenvalue weighted by Crippen LogP contribution is -2.54. The Labute approximate surface area is 219 Å². The van der Waals surface area contributed by atoms with Gasteiger partial charge in [-0.1, -0.05) is 18.2 Å². The monoisotopic (exact) mass is 544 g/mol. The summed E-state index contributed by atoms with van der Waals surface area (Å²) in [6, 6.07) is 12.5. The van der Waals surface area contributed by atoms with Gasteiger partial charge in [-0.15, -0.1) is 0 Å². The summed E-state index contributed by atoms with van der Waals surface area (Å²) in [5, 5.41) is 9.88. The fourth-order valence-electron chi connectivity index (χ4n) is 3.63. The number of amidine groups is 1. The first kappa shape index (κ1) is 28.3. The number of nitrogen functional groups attached to an aromatic ring is 1. The van der Waals surface area contributed by atoms with Crippen molar-refractivity contribution in [2.24, 2.45) is 5.73 Å². The number of anilines is 1. The summed E-state index contributed by atoms with van der Waals surface area (Å²) in [6.07, 6.45) is 0. The van der Waals surface area contributed by atoms with Gasteiger partial charge < -0.3 is 25.6 Å². The van der Waals surface area contributed by atoms with Gasteiger partial charge in [-0.3, -0.25) is 19.8 Å². The van der Waals surface area contributed by atoms with Crippen LogP contribution in [0.15, 0.2) is 59.5 Å². The molecule has 1 aliphatic rings. The Morgan fingerprint density at radius 1 is 1.08 bits per heavy atom. The van der Waals surface area contributed by atoms with Crippen molar-refractivity contribution in [1.29, 1.82) is 5.41 Å². The van der Waals surface area contributed by atoms with Crippen LogP contribution in [0, 0.1) is 5.41 Å². The smallest absolute Gasteiger partial charge is 0.333 e. The Bertz CT molecular complexity index is 1320. The lowest BCUT2D eigenvalue weighted by atomic mass is 10.1. The quantitative estimate of drug-likeness (QED) is 0.128. The predicted octanol–water partition coefficient (Wildman–Crippen LogP) is -0.828. The van der Waals surface area contributed by atoms with Crippen LogP contribution in [0.25, 0.3) is 0 Å². The normalized spacial score (nSPS) is 14.5. The van der Waals surface area contributed by atoms with Crippen molar-refractivity contribution in [1.82, 2.24) is 14.9 Å². The molecule has 0 spiro atoms. The maximum atomic E-state index is 12.6. The average Bonchev–Trinajstić information content (AvgIpc) is 2.87. The largest absolute Gasteiger partial charge is 0.392 e. The van der Waals surface area contributed by atoms with Crippen molar-refractivity contribution in [2.45, 2.75) is 17.9 Å². The van der Waals surface area contributed by atoms with E-state index in [2.05, 4.69) is 14.8 Å². The van der Waals surface area contributed by atoms with Crippen LogP contribution in [-0.2, 0) is 33.9 Å². The first-order valence-electron chi connectivity index (χ1n) is 11.5. The highest BCUT2D eigenvalue weighted by Gasteiger charge is 2.30. The Hall–Kier alpha value is -4.30. The number of sulfonamides is 1. The molecule has 13 nitrogen and oxygen atoms in total.